The number of amides is 1. The molecule has 0 unspecified atom stereocenters. The number of hydrogen-bond donors (Lipinski definition) is 1. The first-order chi connectivity index (χ1) is 13.4. The van der Waals surface area contributed by atoms with E-state index in [4.69, 9.17) is 9.47 Å². The number of sulfone groups is 1. The molecule has 1 amide bonds. The third-order valence-electron chi connectivity index (χ3n) is 5.30. The van der Waals surface area contributed by atoms with E-state index in [1.165, 1.54) is 6.42 Å². The molecule has 1 aromatic carbocycles. The fraction of sp³-hybridized carbons (Fsp3) is 0.650. The molecule has 0 aromatic heterocycles. The Morgan fingerprint density at radius 3 is 2.43 bits per heavy atom. The van der Waals surface area contributed by atoms with Gasteiger partial charge in [-0.15, -0.1) is 0 Å². The fourth-order valence-electron chi connectivity index (χ4n) is 4.02. The van der Waals surface area contributed by atoms with Crippen LogP contribution in [0.15, 0.2) is 18.2 Å². The van der Waals surface area contributed by atoms with Gasteiger partial charge in [-0.3, -0.25) is 9.69 Å². The van der Waals surface area contributed by atoms with E-state index >= 15 is 0 Å². The second-order valence-corrected chi connectivity index (χ2v) is 9.50. The van der Waals surface area contributed by atoms with Gasteiger partial charge in [0.1, 0.15) is 0 Å². The van der Waals surface area contributed by atoms with Crippen LogP contribution in [0.5, 0.6) is 11.5 Å². The molecule has 1 N–H and O–H groups in total. The average molecular weight is 411 g/mol. The Labute approximate surface area is 167 Å². The van der Waals surface area contributed by atoms with E-state index in [1.807, 2.05) is 13.8 Å². The van der Waals surface area contributed by atoms with Crippen molar-refractivity contribution in [2.75, 3.05) is 37.8 Å². The summed E-state index contributed by atoms with van der Waals surface area (Å²) in [6.07, 6.45) is 3.33. The van der Waals surface area contributed by atoms with Crippen molar-refractivity contribution in [1.82, 2.24) is 10.2 Å². The minimum atomic E-state index is -3.15. The third kappa shape index (κ3) is 4.97. The fourth-order valence-corrected chi connectivity index (χ4v) is 5.97. The summed E-state index contributed by atoms with van der Waals surface area (Å²) in [5, 5.41) is 2.96. The number of nitrogens with zero attached hydrogens (tertiary/aromatic N) is 1. The molecular formula is C20H30N2O5S. The van der Waals surface area contributed by atoms with Crippen molar-refractivity contribution in [3.63, 3.8) is 0 Å². The topological polar surface area (TPSA) is 84.9 Å². The Balaban J connectivity index is 1.75. The maximum Gasteiger partial charge on any atom is 0.251 e. The lowest BCUT2D eigenvalue weighted by Gasteiger charge is -2.35. The van der Waals surface area contributed by atoms with Crippen LogP contribution in [-0.4, -0.2) is 69.1 Å². The molecule has 0 bridgehead atoms. The highest BCUT2D eigenvalue weighted by Gasteiger charge is 2.42. The van der Waals surface area contributed by atoms with E-state index in [0.29, 0.717) is 30.3 Å². The first kappa shape index (κ1) is 20.9. The van der Waals surface area contributed by atoms with Gasteiger partial charge in [-0.2, -0.15) is 0 Å². The maximum absolute atomic E-state index is 12.8. The monoisotopic (exact) mass is 410 g/mol. The van der Waals surface area contributed by atoms with E-state index in [-0.39, 0.29) is 23.5 Å². The first-order valence-corrected chi connectivity index (χ1v) is 11.9. The summed E-state index contributed by atoms with van der Waals surface area (Å²) in [7, 11) is -3.15. The summed E-state index contributed by atoms with van der Waals surface area (Å²) in [6.45, 7) is 6.51. The molecule has 7 nitrogen and oxygen atoms in total. The van der Waals surface area contributed by atoms with Crippen LogP contribution in [0.1, 0.15) is 43.5 Å². The number of hydrogen-bond acceptors (Lipinski definition) is 6. The zero-order valence-corrected chi connectivity index (χ0v) is 17.5. The van der Waals surface area contributed by atoms with E-state index in [1.54, 1.807) is 18.2 Å². The van der Waals surface area contributed by atoms with Gasteiger partial charge in [0.15, 0.2) is 21.3 Å². The van der Waals surface area contributed by atoms with E-state index in [9.17, 15) is 13.2 Å². The molecule has 156 valence electrons. The van der Waals surface area contributed by atoms with Gasteiger partial charge in [0, 0.05) is 11.6 Å². The normalized spacial score (nSPS) is 24.6. The Morgan fingerprint density at radius 2 is 1.75 bits per heavy atom. The SMILES string of the molecule is CCOc1ccc(C(=O)N[C@@H]2CS(=O)(=O)C[C@H]2N2CCCCC2)cc1OCC. The molecule has 2 aliphatic heterocycles. The molecule has 3 rings (SSSR count). The lowest BCUT2D eigenvalue weighted by atomic mass is 10.0. The van der Waals surface area contributed by atoms with Gasteiger partial charge in [-0.05, 0) is 58.0 Å². The average Bonchev–Trinajstić information content (AvgIpc) is 2.98. The molecule has 2 aliphatic rings. The van der Waals surface area contributed by atoms with E-state index in [0.717, 1.165) is 25.9 Å². The second-order valence-electron chi connectivity index (χ2n) is 7.35. The number of ether oxygens (including phenoxy) is 2. The zero-order valence-electron chi connectivity index (χ0n) is 16.6. The highest BCUT2D eigenvalue weighted by Crippen LogP contribution is 2.29. The molecule has 0 aliphatic carbocycles. The van der Waals surface area contributed by atoms with Crippen molar-refractivity contribution >= 4 is 15.7 Å². The van der Waals surface area contributed by atoms with Gasteiger partial charge < -0.3 is 14.8 Å². The van der Waals surface area contributed by atoms with Crippen LogP contribution in [0.25, 0.3) is 0 Å². The molecule has 8 heteroatoms. The Bertz CT molecular complexity index is 790. The van der Waals surface area contributed by atoms with Crippen LogP contribution in [0.2, 0.25) is 0 Å². The summed E-state index contributed by atoms with van der Waals surface area (Å²) in [6, 6.07) is 4.52. The molecule has 2 saturated heterocycles. The predicted molar refractivity (Wildman–Crippen MR) is 108 cm³/mol. The number of nitrogens with one attached hydrogen (secondary N) is 1. The lowest BCUT2D eigenvalue weighted by Crippen LogP contribution is -2.52. The summed E-state index contributed by atoms with van der Waals surface area (Å²) < 4.78 is 35.6. The molecule has 28 heavy (non-hydrogen) atoms. The number of piperidine rings is 1. The van der Waals surface area contributed by atoms with Crippen molar-refractivity contribution < 1.29 is 22.7 Å². The molecule has 0 saturated carbocycles. The van der Waals surface area contributed by atoms with Crippen molar-refractivity contribution in [2.45, 2.75) is 45.2 Å². The maximum atomic E-state index is 12.8. The zero-order chi connectivity index (χ0) is 20.1. The molecule has 2 fully saturated rings. The smallest absolute Gasteiger partial charge is 0.251 e. The Kier molecular flexibility index (Phi) is 6.82. The van der Waals surface area contributed by atoms with Gasteiger partial charge in [-0.1, -0.05) is 6.42 Å². The minimum absolute atomic E-state index is 0.00471. The quantitative estimate of drug-likeness (QED) is 0.739. The Morgan fingerprint density at radius 1 is 1.07 bits per heavy atom. The second kappa shape index (κ2) is 9.13. The van der Waals surface area contributed by atoms with Gasteiger partial charge >= 0.3 is 0 Å². The van der Waals surface area contributed by atoms with Crippen molar-refractivity contribution in [2.24, 2.45) is 0 Å². The van der Waals surface area contributed by atoms with E-state index in [2.05, 4.69) is 10.2 Å². The van der Waals surface area contributed by atoms with Crippen molar-refractivity contribution in [1.29, 1.82) is 0 Å². The molecule has 0 spiro atoms. The number of benzene rings is 1. The van der Waals surface area contributed by atoms with Crippen LogP contribution < -0.4 is 14.8 Å². The molecule has 2 atom stereocenters. The Hall–Kier alpha value is -1.80. The van der Waals surface area contributed by atoms with Crippen LogP contribution in [-0.2, 0) is 9.84 Å². The highest BCUT2D eigenvalue weighted by molar-refractivity contribution is 7.91. The number of rotatable bonds is 7. The standard InChI is InChI=1S/C20H30N2O5S/c1-3-26-18-9-8-15(12-19(18)27-4-2)20(23)21-16-13-28(24,25)14-17(16)22-10-6-5-7-11-22/h8-9,12,16-17H,3-7,10-11,13-14H2,1-2H3,(H,21,23)/t16-,17-/m1/s1. The van der Waals surface area contributed by atoms with E-state index < -0.39 is 15.9 Å². The lowest BCUT2D eigenvalue weighted by molar-refractivity contribution is 0.0899. The van der Waals surface area contributed by atoms with Crippen LogP contribution in [0.4, 0.5) is 0 Å². The highest BCUT2D eigenvalue weighted by atomic mass is 32.2. The largest absolute Gasteiger partial charge is 0.490 e. The van der Waals surface area contributed by atoms with Gasteiger partial charge in [0.05, 0.1) is 30.8 Å². The van der Waals surface area contributed by atoms with Crippen LogP contribution in [0.3, 0.4) is 0 Å². The summed E-state index contributed by atoms with van der Waals surface area (Å²) in [4.78, 5) is 15.1. The number of carbonyl (C=O) groups excluding carboxylic acids is 1. The molecule has 1 aromatic rings. The van der Waals surface area contributed by atoms with Gasteiger partial charge in [0.2, 0.25) is 0 Å². The minimum Gasteiger partial charge on any atom is -0.490 e. The number of carbonyl (C=O) groups is 1. The summed E-state index contributed by atoms with van der Waals surface area (Å²) in [5.41, 5.74) is 0.439. The molecule has 0 radical (unpaired) electrons. The molecular weight excluding hydrogens is 380 g/mol. The van der Waals surface area contributed by atoms with Crippen molar-refractivity contribution in [3.8, 4) is 11.5 Å². The first-order valence-electron chi connectivity index (χ1n) is 10.1. The van der Waals surface area contributed by atoms with Crippen LogP contribution >= 0.6 is 0 Å². The van der Waals surface area contributed by atoms with Crippen LogP contribution in [0, 0.1) is 0 Å². The third-order valence-corrected chi connectivity index (χ3v) is 7.02. The number of likely N-dealkylation sites (tertiary alicyclic amines) is 1. The summed E-state index contributed by atoms with van der Waals surface area (Å²) >= 11 is 0. The molecule has 2 heterocycles. The summed E-state index contributed by atoms with van der Waals surface area (Å²) in [5.74, 6) is 0.938. The van der Waals surface area contributed by atoms with Crippen molar-refractivity contribution in [3.05, 3.63) is 23.8 Å². The van der Waals surface area contributed by atoms with Gasteiger partial charge in [-0.25, -0.2) is 8.42 Å². The predicted octanol–water partition coefficient (Wildman–Crippen LogP) is 1.87. The van der Waals surface area contributed by atoms with Gasteiger partial charge in [0.25, 0.3) is 5.91 Å².